The van der Waals surface area contributed by atoms with Crippen LogP contribution in [0.5, 0.6) is 0 Å². The third kappa shape index (κ3) is 4.20. The number of aromatic amines is 1. The second kappa shape index (κ2) is 8.80. The van der Waals surface area contributed by atoms with Crippen LogP contribution in [-0.4, -0.2) is 25.8 Å². The number of hydrogen-bond acceptors (Lipinski definition) is 4. The number of para-hydroxylation sites is 3. The van der Waals surface area contributed by atoms with Crippen molar-refractivity contribution in [3.05, 3.63) is 89.5 Å². The highest BCUT2D eigenvalue weighted by molar-refractivity contribution is 5.79. The zero-order chi connectivity index (χ0) is 21.9. The molecule has 4 aromatic rings. The molecule has 2 heterocycles. The van der Waals surface area contributed by atoms with Crippen molar-refractivity contribution in [2.24, 2.45) is 16.5 Å². The largest absolute Gasteiger partial charge is 0.370 e. The van der Waals surface area contributed by atoms with E-state index in [2.05, 4.69) is 33.1 Å². The van der Waals surface area contributed by atoms with Crippen LogP contribution in [-0.2, 0) is 19.5 Å². The van der Waals surface area contributed by atoms with Gasteiger partial charge in [-0.3, -0.25) is 9.88 Å². The summed E-state index contributed by atoms with van der Waals surface area (Å²) in [6.07, 6.45) is 5.15. The molecule has 1 aliphatic rings. The SMILES string of the molecule is NC(N)=Nc1ccccc1CN(Cc1nc2ccccc2[nH]1)C1CCCc2cccnc21. The van der Waals surface area contributed by atoms with Gasteiger partial charge >= 0.3 is 0 Å². The minimum absolute atomic E-state index is 0.0611. The van der Waals surface area contributed by atoms with E-state index in [1.807, 2.05) is 48.7 Å². The molecular formula is C25H27N7. The number of pyridine rings is 1. The molecule has 0 spiro atoms. The number of imidazole rings is 1. The molecule has 5 rings (SSSR count). The molecule has 1 atom stereocenters. The highest BCUT2D eigenvalue weighted by Gasteiger charge is 2.28. The number of aromatic nitrogens is 3. The fraction of sp³-hybridized carbons (Fsp3) is 0.240. The number of aryl methyl sites for hydroxylation is 1. The summed E-state index contributed by atoms with van der Waals surface area (Å²) in [4.78, 5) is 19.9. The highest BCUT2D eigenvalue weighted by Crippen LogP contribution is 2.35. The van der Waals surface area contributed by atoms with Crippen molar-refractivity contribution < 1.29 is 0 Å². The molecule has 5 N–H and O–H groups in total. The summed E-state index contributed by atoms with van der Waals surface area (Å²) in [5.41, 5.74) is 17.7. The standard InChI is InChI=1S/C25H27N7/c26-25(27)31-19-10-2-1-7-18(19)15-32(16-23-29-20-11-3-4-12-21(20)30-23)22-13-5-8-17-9-6-14-28-24(17)22/h1-4,6-7,9-12,14,22H,5,8,13,15-16H2,(H,29,30)(H4,26,27,31). The maximum absolute atomic E-state index is 5.69. The molecule has 7 nitrogen and oxygen atoms in total. The average molecular weight is 426 g/mol. The summed E-state index contributed by atoms with van der Waals surface area (Å²) in [5.74, 6) is 1.000. The number of benzene rings is 2. The van der Waals surface area contributed by atoms with Crippen molar-refractivity contribution in [3.8, 4) is 0 Å². The highest BCUT2D eigenvalue weighted by atomic mass is 15.2. The van der Waals surface area contributed by atoms with Crippen LogP contribution in [0.4, 0.5) is 5.69 Å². The van der Waals surface area contributed by atoms with Crippen molar-refractivity contribution in [3.63, 3.8) is 0 Å². The van der Waals surface area contributed by atoms with Gasteiger partial charge in [0.25, 0.3) is 0 Å². The number of H-pyrrole nitrogens is 1. The van der Waals surface area contributed by atoms with Gasteiger partial charge in [0, 0.05) is 12.7 Å². The van der Waals surface area contributed by atoms with E-state index < -0.39 is 0 Å². The first-order valence-electron chi connectivity index (χ1n) is 11.0. The summed E-state index contributed by atoms with van der Waals surface area (Å²) in [7, 11) is 0. The van der Waals surface area contributed by atoms with Gasteiger partial charge in [-0.15, -0.1) is 0 Å². The number of fused-ring (bicyclic) bond motifs is 2. The Morgan fingerprint density at radius 2 is 1.88 bits per heavy atom. The lowest BCUT2D eigenvalue weighted by Gasteiger charge is -2.34. The number of nitrogens with two attached hydrogens (primary N) is 2. The number of hydrogen-bond donors (Lipinski definition) is 3. The third-order valence-corrected chi connectivity index (χ3v) is 6.01. The maximum atomic E-state index is 5.69. The summed E-state index contributed by atoms with van der Waals surface area (Å²) in [6.45, 7) is 1.36. The van der Waals surface area contributed by atoms with Crippen LogP contribution in [0.15, 0.2) is 71.9 Å². The van der Waals surface area contributed by atoms with Crippen molar-refractivity contribution >= 4 is 22.7 Å². The van der Waals surface area contributed by atoms with E-state index in [4.69, 9.17) is 21.4 Å². The first-order chi connectivity index (χ1) is 15.7. The molecule has 2 aromatic heterocycles. The molecule has 0 bridgehead atoms. The van der Waals surface area contributed by atoms with Gasteiger partial charge in [-0.25, -0.2) is 9.98 Å². The number of guanidine groups is 1. The molecule has 32 heavy (non-hydrogen) atoms. The molecule has 0 fully saturated rings. The first kappa shape index (κ1) is 20.2. The van der Waals surface area contributed by atoms with Gasteiger partial charge in [-0.05, 0) is 54.7 Å². The second-order valence-corrected chi connectivity index (χ2v) is 8.23. The van der Waals surface area contributed by atoms with Gasteiger partial charge in [0.15, 0.2) is 5.96 Å². The molecule has 2 aromatic carbocycles. The summed E-state index contributed by atoms with van der Waals surface area (Å²) in [5, 5.41) is 0. The van der Waals surface area contributed by atoms with Crippen molar-refractivity contribution in [1.29, 1.82) is 0 Å². The fourth-order valence-corrected chi connectivity index (χ4v) is 4.60. The van der Waals surface area contributed by atoms with Crippen LogP contribution < -0.4 is 11.5 Å². The lowest BCUT2D eigenvalue weighted by atomic mass is 9.90. The fourth-order valence-electron chi connectivity index (χ4n) is 4.60. The average Bonchev–Trinajstić information content (AvgIpc) is 3.21. The normalized spacial score (nSPS) is 15.6. The smallest absolute Gasteiger partial charge is 0.191 e. The van der Waals surface area contributed by atoms with Gasteiger partial charge < -0.3 is 16.5 Å². The predicted octanol–water partition coefficient (Wildman–Crippen LogP) is 3.94. The quantitative estimate of drug-likeness (QED) is 0.320. The molecule has 162 valence electrons. The van der Waals surface area contributed by atoms with Crippen LogP contribution in [0.1, 0.15) is 41.5 Å². The molecule has 0 radical (unpaired) electrons. The van der Waals surface area contributed by atoms with Gasteiger partial charge in [-0.1, -0.05) is 36.4 Å². The monoisotopic (exact) mass is 425 g/mol. The predicted molar refractivity (Wildman–Crippen MR) is 127 cm³/mol. The Kier molecular flexibility index (Phi) is 5.56. The number of aliphatic imine (C=N–C) groups is 1. The summed E-state index contributed by atoms with van der Waals surface area (Å²) < 4.78 is 0. The molecule has 0 saturated heterocycles. The van der Waals surface area contributed by atoms with Gasteiger partial charge in [0.05, 0.1) is 35.0 Å². The zero-order valence-corrected chi connectivity index (χ0v) is 17.9. The minimum atomic E-state index is 0.0611. The van der Waals surface area contributed by atoms with E-state index in [9.17, 15) is 0 Å². The van der Waals surface area contributed by atoms with E-state index in [-0.39, 0.29) is 12.0 Å². The first-order valence-corrected chi connectivity index (χ1v) is 11.0. The summed E-state index contributed by atoms with van der Waals surface area (Å²) >= 11 is 0. The molecule has 1 unspecified atom stereocenters. The van der Waals surface area contributed by atoms with Crippen molar-refractivity contribution in [1.82, 2.24) is 19.9 Å². The van der Waals surface area contributed by atoms with Gasteiger partial charge in [-0.2, -0.15) is 0 Å². The van der Waals surface area contributed by atoms with E-state index in [1.165, 1.54) is 5.56 Å². The Morgan fingerprint density at radius 1 is 1.03 bits per heavy atom. The summed E-state index contributed by atoms with van der Waals surface area (Å²) in [6, 6.07) is 20.5. The van der Waals surface area contributed by atoms with Crippen LogP contribution in [0.2, 0.25) is 0 Å². The minimum Gasteiger partial charge on any atom is -0.370 e. The maximum Gasteiger partial charge on any atom is 0.191 e. The van der Waals surface area contributed by atoms with Crippen LogP contribution >= 0.6 is 0 Å². The molecule has 0 aliphatic heterocycles. The van der Waals surface area contributed by atoms with E-state index in [1.54, 1.807) is 0 Å². The van der Waals surface area contributed by atoms with E-state index in [0.717, 1.165) is 53.1 Å². The number of nitrogens with zero attached hydrogens (tertiary/aromatic N) is 4. The van der Waals surface area contributed by atoms with Gasteiger partial charge in [0.2, 0.25) is 0 Å². The number of nitrogens with one attached hydrogen (secondary N) is 1. The van der Waals surface area contributed by atoms with Crippen LogP contribution in [0.3, 0.4) is 0 Å². The molecule has 0 saturated carbocycles. The Hall–Kier alpha value is -3.71. The Bertz CT molecular complexity index is 1220. The zero-order valence-electron chi connectivity index (χ0n) is 17.9. The van der Waals surface area contributed by atoms with E-state index >= 15 is 0 Å². The molecular weight excluding hydrogens is 398 g/mol. The Labute approximate surface area is 187 Å². The van der Waals surface area contributed by atoms with Crippen molar-refractivity contribution in [2.45, 2.75) is 38.4 Å². The second-order valence-electron chi connectivity index (χ2n) is 8.23. The van der Waals surface area contributed by atoms with E-state index in [0.29, 0.717) is 13.1 Å². The van der Waals surface area contributed by atoms with Crippen LogP contribution in [0, 0.1) is 0 Å². The molecule has 1 aliphatic carbocycles. The van der Waals surface area contributed by atoms with Crippen LogP contribution in [0.25, 0.3) is 11.0 Å². The Balaban J connectivity index is 1.53. The lowest BCUT2D eigenvalue weighted by Crippen LogP contribution is -2.32. The topological polar surface area (TPSA) is 109 Å². The lowest BCUT2D eigenvalue weighted by molar-refractivity contribution is 0.154. The van der Waals surface area contributed by atoms with Gasteiger partial charge in [0.1, 0.15) is 5.82 Å². The number of rotatable bonds is 6. The van der Waals surface area contributed by atoms with Crippen molar-refractivity contribution in [2.75, 3.05) is 0 Å². The molecule has 0 amide bonds. The molecule has 7 heteroatoms. The Morgan fingerprint density at radius 3 is 2.75 bits per heavy atom. The third-order valence-electron chi connectivity index (χ3n) is 6.01.